The Labute approximate surface area is 152 Å². The fourth-order valence-electron chi connectivity index (χ4n) is 2.79. The molecular weight excluding hydrogens is 356 g/mol. The summed E-state index contributed by atoms with van der Waals surface area (Å²) in [5.41, 5.74) is 1.01. The van der Waals surface area contributed by atoms with Gasteiger partial charge >= 0.3 is 0 Å². The van der Waals surface area contributed by atoms with E-state index in [9.17, 15) is 13.2 Å². The summed E-state index contributed by atoms with van der Waals surface area (Å²) in [6.07, 6.45) is 5.06. The Morgan fingerprint density at radius 2 is 1.85 bits per heavy atom. The first kappa shape index (κ1) is 18.5. The summed E-state index contributed by atoms with van der Waals surface area (Å²) >= 11 is 0. The lowest BCUT2D eigenvalue weighted by atomic mass is 10.3. The van der Waals surface area contributed by atoms with Gasteiger partial charge in [-0.1, -0.05) is 0 Å². The van der Waals surface area contributed by atoms with E-state index in [1.54, 1.807) is 36.6 Å². The van der Waals surface area contributed by atoms with Crippen molar-refractivity contribution < 1.29 is 13.2 Å². The third-order valence-electron chi connectivity index (χ3n) is 4.43. The van der Waals surface area contributed by atoms with Gasteiger partial charge in [0.1, 0.15) is 11.5 Å². The molecule has 1 aliphatic rings. The van der Waals surface area contributed by atoms with Gasteiger partial charge in [-0.05, 0) is 20.3 Å². The van der Waals surface area contributed by atoms with Crippen molar-refractivity contribution in [2.45, 2.75) is 25.3 Å². The first-order valence-electron chi connectivity index (χ1n) is 8.37. The van der Waals surface area contributed by atoms with Crippen LogP contribution in [0.2, 0.25) is 0 Å². The van der Waals surface area contributed by atoms with E-state index in [0.29, 0.717) is 31.9 Å². The van der Waals surface area contributed by atoms with Crippen LogP contribution in [-0.4, -0.2) is 69.2 Å². The fourth-order valence-corrected chi connectivity index (χ4v) is 4.28. The summed E-state index contributed by atoms with van der Waals surface area (Å²) in [6, 6.07) is 0. The van der Waals surface area contributed by atoms with Gasteiger partial charge in [-0.2, -0.15) is 4.31 Å². The summed E-state index contributed by atoms with van der Waals surface area (Å²) in [6.45, 7) is 4.91. The normalized spacial score (nSPS) is 16.5. The molecule has 1 fully saturated rings. The van der Waals surface area contributed by atoms with Crippen LogP contribution in [0.5, 0.6) is 0 Å². The molecule has 2 aromatic heterocycles. The number of carbonyl (C=O) groups is 1. The van der Waals surface area contributed by atoms with Gasteiger partial charge in [0.15, 0.2) is 5.03 Å². The topological polar surface area (TPSA) is 101 Å². The Morgan fingerprint density at radius 1 is 1.08 bits per heavy atom. The maximum atomic E-state index is 12.8. The number of amides is 1. The smallest absolute Gasteiger partial charge is 0.274 e. The molecule has 0 bridgehead atoms. The predicted octanol–water partition coefficient (Wildman–Crippen LogP) is 0.364. The van der Waals surface area contributed by atoms with E-state index in [0.717, 1.165) is 5.69 Å². The Balaban J connectivity index is 1.73. The molecule has 140 valence electrons. The Morgan fingerprint density at radius 3 is 2.46 bits per heavy atom. The van der Waals surface area contributed by atoms with Gasteiger partial charge in [0.2, 0.25) is 0 Å². The van der Waals surface area contributed by atoms with Gasteiger partial charge in [-0.15, -0.1) is 0 Å². The van der Waals surface area contributed by atoms with E-state index in [1.807, 2.05) is 0 Å². The first-order valence-corrected chi connectivity index (χ1v) is 9.81. The van der Waals surface area contributed by atoms with Crippen molar-refractivity contribution >= 4 is 15.9 Å². The molecule has 1 aliphatic heterocycles. The van der Waals surface area contributed by atoms with Crippen LogP contribution in [0, 0.1) is 13.8 Å². The lowest BCUT2D eigenvalue weighted by Gasteiger charge is -2.21. The Kier molecular flexibility index (Phi) is 5.05. The molecule has 0 aliphatic carbocycles. The van der Waals surface area contributed by atoms with Crippen molar-refractivity contribution in [3.8, 4) is 0 Å². The van der Waals surface area contributed by atoms with Crippen LogP contribution in [0.1, 0.15) is 28.4 Å². The van der Waals surface area contributed by atoms with E-state index in [1.165, 1.54) is 16.7 Å². The SMILES string of the molecule is Cc1cnc(C(=O)N2CCCN(S(=O)(=O)c3cn(C)c(C)n3)CC2)cn1. The molecule has 2 aromatic rings. The van der Waals surface area contributed by atoms with Crippen LogP contribution < -0.4 is 0 Å². The van der Waals surface area contributed by atoms with Crippen LogP contribution in [0.4, 0.5) is 0 Å². The Hall–Kier alpha value is -2.33. The number of imidazole rings is 1. The number of rotatable bonds is 3. The van der Waals surface area contributed by atoms with Crippen LogP contribution in [0.3, 0.4) is 0 Å². The highest BCUT2D eigenvalue weighted by molar-refractivity contribution is 7.89. The minimum absolute atomic E-state index is 0.0432. The van der Waals surface area contributed by atoms with Gasteiger partial charge in [-0.25, -0.2) is 18.4 Å². The molecule has 3 rings (SSSR count). The standard InChI is InChI=1S/C16H22N6O3S/c1-12-9-18-14(10-17-12)16(23)21-5-4-6-22(8-7-21)26(24,25)15-11-20(3)13(2)19-15/h9-11H,4-8H2,1-3H3. The van der Waals surface area contributed by atoms with Crippen molar-refractivity contribution in [1.29, 1.82) is 0 Å². The maximum absolute atomic E-state index is 12.8. The molecular formula is C16H22N6O3S. The average molecular weight is 378 g/mol. The summed E-state index contributed by atoms with van der Waals surface area (Å²) in [5.74, 6) is 0.401. The molecule has 0 radical (unpaired) electrons. The Bertz CT molecular complexity index is 887. The van der Waals surface area contributed by atoms with Crippen molar-refractivity contribution in [3.05, 3.63) is 35.8 Å². The highest BCUT2D eigenvalue weighted by atomic mass is 32.2. The molecule has 0 aromatic carbocycles. The molecule has 0 N–H and O–H groups in total. The van der Waals surface area contributed by atoms with E-state index >= 15 is 0 Å². The zero-order valence-electron chi connectivity index (χ0n) is 15.1. The van der Waals surface area contributed by atoms with E-state index in [2.05, 4.69) is 15.0 Å². The van der Waals surface area contributed by atoms with Crippen molar-refractivity contribution in [3.63, 3.8) is 0 Å². The molecule has 9 nitrogen and oxygen atoms in total. The number of carbonyl (C=O) groups excluding carboxylic acids is 1. The monoisotopic (exact) mass is 378 g/mol. The van der Waals surface area contributed by atoms with Crippen molar-refractivity contribution in [2.24, 2.45) is 7.05 Å². The second kappa shape index (κ2) is 7.12. The number of nitrogens with zero attached hydrogens (tertiary/aromatic N) is 6. The van der Waals surface area contributed by atoms with E-state index in [4.69, 9.17) is 0 Å². The molecule has 1 saturated heterocycles. The average Bonchev–Trinajstić information content (AvgIpc) is 2.82. The maximum Gasteiger partial charge on any atom is 0.274 e. The minimum atomic E-state index is -3.67. The quantitative estimate of drug-likeness (QED) is 0.764. The zero-order valence-corrected chi connectivity index (χ0v) is 15.9. The largest absolute Gasteiger partial charge is 0.337 e. The number of aryl methyl sites for hydroxylation is 3. The number of hydrogen-bond donors (Lipinski definition) is 0. The van der Waals surface area contributed by atoms with E-state index < -0.39 is 10.0 Å². The summed E-state index contributed by atoms with van der Waals surface area (Å²) < 4.78 is 28.7. The number of hydrogen-bond acceptors (Lipinski definition) is 6. The van der Waals surface area contributed by atoms with Crippen LogP contribution in [0.25, 0.3) is 0 Å². The lowest BCUT2D eigenvalue weighted by molar-refractivity contribution is 0.0758. The molecule has 3 heterocycles. The summed E-state index contributed by atoms with van der Waals surface area (Å²) in [4.78, 5) is 26.5. The summed E-state index contributed by atoms with van der Waals surface area (Å²) in [7, 11) is -1.91. The number of sulfonamides is 1. The second-order valence-electron chi connectivity index (χ2n) is 6.33. The van der Waals surface area contributed by atoms with Gasteiger partial charge < -0.3 is 9.47 Å². The molecule has 0 saturated carbocycles. The molecule has 0 atom stereocenters. The van der Waals surface area contributed by atoms with E-state index in [-0.39, 0.29) is 23.2 Å². The van der Waals surface area contributed by atoms with Crippen LogP contribution in [-0.2, 0) is 17.1 Å². The lowest BCUT2D eigenvalue weighted by Crippen LogP contribution is -2.37. The fraction of sp³-hybridized carbons (Fsp3) is 0.500. The van der Waals surface area contributed by atoms with Gasteiger partial charge in [0.25, 0.3) is 15.9 Å². The minimum Gasteiger partial charge on any atom is -0.337 e. The van der Waals surface area contributed by atoms with Crippen LogP contribution >= 0.6 is 0 Å². The highest BCUT2D eigenvalue weighted by Gasteiger charge is 2.30. The highest BCUT2D eigenvalue weighted by Crippen LogP contribution is 2.17. The molecule has 10 heteroatoms. The van der Waals surface area contributed by atoms with Crippen molar-refractivity contribution in [2.75, 3.05) is 26.2 Å². The molecule has 0 spiro atoms. The third kappa shape index (κ3) is 3.61. The van der Waals surface area contributed by atoms with Gasteiger partial charge in [0.05, 0.1) is 11.9 Å². The first-order chi connectivity index (χ1) is 12.3. The molecule has 26 heavy (non-hydrogen) atoms. The van der Waals surface area contributed by atoms with Crippen LogP contribution in [0.15, 0.2) is 23.6 Å². The van der Waals surface area contributed by atoms with Gasteiger partial charge in [-0.3, -0.25) is 9.78 Å². The molecule has 0 unspecified atom stereocenters. The third-order valence-corrected chi connectivity index (χ3v) is 6.20. The van der Waals surface area contributed by atoms with Crippen molar-refractivity contribution in [1.82, 2.24) is 28.7 Å². The summed E-state index contributed by atoms with van der Waals surface area (Å²) in [5, 5.41) is 0.0432. The number of aromatic nitrogens is 4. The molecule has 1 amide bonds. The zero-order chi connectivity index (χ0) is 18.9. The predicted molar refractivity (Wildman–Crippen MR) is 94.0 cm³/mol. The van der Waals surface area contributed by atoms with Gasteiger partial charge in [0, 0.05) is 45.6 Å². The second-order valence-corrected chi connectivity index (χ2v) is 8.21.